The Bertz CT molecular complexity index is 1250. The number of amides is 1. The Morgan fingerprint density at radius 2 is 1.94 bits per heavy atom. The van der Waals surface area contributed by atoms with Gasteiger partial charge < -0.3 is 20.3 Å². The van der Waals surface area contributed by atoms with Crippen molar-refractivity contribution in [1.29, 1.82) is 0 Å². The van der Waals surface area contributed by atoms with E-state index in [1.165, 1.54) is 0 Å². The maximum absolute atomic E-state index is 13.0. The smallest absolute Gasteiger partial charge is 0.259 e. The highest BCUT2D eigenvalue weighted by Gasteiger charge is 2.21. The van der Waals surface area contributed by atoms with E-state index >= 15 is 0 Å². The van der Waals surface area contributed by atoms with Gasteiger partial charge in [0.2, 0.25) is 5.91 Å². The molecule has 174 valence electrons. The molecule has 0 atom stereocenters. The number of fused-ring (bicyclic) bond motifs is 1. The zero-order chi connectivity index (χ0) is 23.7. The number of carbonyl (C=O) groups is 1. The molecule has 1 aliphatic heterocycles. The molecule has 2 aromatic carbocycles. The second kappa shape index (κ2) is 9.71. The first-order chi connectivity index (χ1) is 15.7. The number of rotatable bonds is 5. The SMILES string of the molecule is CC(C)C(=O)NCc1ccc(Cl)c(-c2nc3cc(Cl)c(N4CCC(O)CC4)cc3c(=O)[nH]2)c1. The highest BCUT2D eigenvalue weighted by molar-refractivity contribution is 6.34. The van der Waals surface area contributed by atoms with E-state index in [0.29, 0.717) is 64.8 Å². The van der Waals surface area contributed by atoms with Gasteiger partial charge in [-0.25, -0.2) is 4.98 Å². The molecule has 9 heteroatoms. The number of aromatic amines is 1. The summed E-state index contributed by atoms with van der Waals surface area (Å²) in [6.07, 6.45) is 1.02. The number of nitrogens with zero attached hydrogens (tertiary/aromatic N) is 2. The van der Waals surface area contributed by atoms with Crippen LogP contribution in [0.5, 0.6) is 0 Å². The van der Waals surface area contributed by atoms with Gasteiger partial charge in [-0.05, 0) is 42.7 Å². The molecule has 4 rings (SSSR count). The average Bonchev–Trinajstić information content (AvgIpc) is 2.78. The molecule has 2 heterocycles. The first-order valence-corrected chi connectivity index (χ1v) is 11.7. The van der Waals surface area contributed by atoms with Crippen LogP contribution in [0.4, 0.5) is 5.69 Å². The van der Waals surface area contributed by atoms with Crippen molar-refractivity contribution < 1.29 is 9.90 Å². The van der Waals surface area contributed by atoms with E-state index in [4.69, 9.17) is 23.2 Å². The van der Waals surface area contributed by atoms with Gasteiger partial charge >= 0.3 is 0 Å². The lowest BCUT2D eigenvalue weighted by Gasteiger charge is -2.32. The molecule has 1 aliphatic rings. The number of carbonyl (C=O) groups excluding carboxylic acids is 1. The Balaban J connectivity index is 1.68. The van der Waals surface area contributed by atoms with Crippen LogP contribution in [0.3, 0.4) is 0 Å². The van der Waals surface area contributed by atoms with Crippen LogP contribution in [0, 0.1) is 5.92 Å². The Morgan fingerprint density at radius 3 is 2.64 bits per heavy atom. The van der Waals surface area contributed by atoms with E-state index < -0.39 is 0 Å². The molecule has 0 aliphatic carbocycles. The summed E-state index contributed by atoms with van der Waals surface area (Å²) in [5.41, 5.74) is 2.34. The van der Waals surface area contributed by atoms with E-state index in [2.05, 4.69) is 20.2 Å². The van der Waals surface area contributed by atoms with E-state index in [1.807, 2.05) is 26.0 Å². The third-order valence-corrected chi connectivity index (χ3v) is 6.49. The molecule has 0 spiro atoms. The molecule has 3 N–H and O–H groups in total. The number of nitrogens with one attached hydrogen (secondary N) is 2. The standard InChI is InChI=1S/C24H26Cl2N4O3/c1-13(2)23(32)27-12-14-3-4-18(25)16(9-14)22-28-20-11-19(26)21(10-17(20)24(33)29-22)30-7-5-15(31)6-8-30/h3-4,9-11,13,15,31H,5-8,12H2,1-2H3,(H,27,32)(H,28,29,33). The summed E-state index contributed by atoms with van der Waals surface area (Å²) >= 11 is 13.0. The van der Waals surface area contributed by atoms with Gasteiger partial charge in [-0.1, -0.05) is 43.1 Å². The van der Waals surface area contributed by atoms with E-state index in [9.17, 15) is 14.7 Å². The van der Waals surface area contributed by atoms with Crippen LogP contribution in [-0.4, -0.2) is 40.2 Å². The summed E-state index contributed by atoms with van der Waals surface area (Å²) in [4.78, 5) is 34.4. The third-order valence-electron chi connectivity index (χ3n) is 5.86. The molecular formula is C24H26Cl2N4O3. The molecule has 33 heavy (non-hydrogen) atoms. The summed E-state index contributed by atoms with van der Waals surface area (Å²) in [5, 5.41) is 14.0. The molecule has 0 saturated carbocycles. The fraction of sp³-hybridized carbons (Fsp3) is 0.375. The van der Waals surface area contributed by atoms with Crippen molar-refractivity contribution in [2.45, 2.75) is 39.3 Å². The fourth-order valence-corrected chi connectivity index (χ4v) is 4.37. The van der Waals surface area contributed by atoms with Gasteiger partial charge in [0.25, 0.3) is 5.56 Å². The van der Waals surface area contributed by atoms with Crippen LogP contribution in [0.1, 0.15) is 32.3 Å². The van der Waals surface area contributed by atoms with Crippen molar-refractivity contribution in [3.05, 3.63) is 56.3 Å². The number of aliphatic hydroxyl groups excluding tert-OH is 1. The van der Waals surface area contributed by atoms with Crippen LogP contribution in [-0.2, 0) is 11.3 Å². The monoisotopic (exact) mass is 488 g/mol. The molecular weight excluding hydrogens is 463 g/mol. The van der Waals surface area contributed by atoms with Gasteiger partial charge in [-0.2, -0.15) is 0 Å². The number of anilines is 1. The van der Waals surface area contributed by atoms with Gasteiger partial charge in [0.05, 0.1) is 32.7 Å². The molecule has 3 aromatic rings. The highest BCUT2D eigenvalue weighted by Crippen LogP contribution is 2.32. The van der Waals surface area contributed by atoms with Gasteiger partial charge in [0, 0.05) is 31.1 Å². The number of hydrogen-bond acceptors (Lipinski definition) is 5. The fourth-order valence-electron chi connectivity index (χ4n) is 3.88. The van der Waals surface area contributed by atoms with Gasteiger partial charge in [-0.15, -0.1) is 0 Å². The zero-order valence-electron chi connectivity index (χ0n) is 18.5. The van der Waals surface area contributed by atoms with Gasteiger partial charge in [-0.3, -0.25) is 9.59 Å². The van der Waals surface area contributed by atoms with Crippen molar-refractivity contribution in [3.8, 4) is 11.4 Å². The van der Waals surface area contributed by atoms with Crippen molar-refractivity contribution in [2.24, 2.45) is 5.92 Å². The third kappa shape index (κ3) is 5.16. The molecule has 1 aromatic heterocycles. The van der Waals surface area contributed by atoms with Crippen molar-refractivity contribution in [1.82, 2.24) is 15.3 Å². The van der Waals surface area contributed by atoms with Crippen LogP contribution >= 0.6 is 23.2 Å². The predicted molar refractivity (Wildman–Crippen MR) is 132 cm³/mol. The van der Waals surface area contributed by atoms with E-state index in [1.54, 1.807) is 18.2 Å². The average molecular weight is 489 g/mol. The van der Waals surface area contributed by atoms with Crippen molar-refractivity contribution >= 4 is 45.7 Å². The summed E-state index contributed by atoms with van der Waals surface area (Å²) in [6.45, 7) is 5.35. The maximum Gasteiger partial charge on any atom is 0.259 e. The lowest BCUT2D eigenvalue weighted by molar-refractivity contribution is -0.124. The number of halogens is 2. The van der Waals surface area contributed by atoms with Crippen LogP contribution in [0.2, 0.25) is 10.0 Å². The summed E-state index contributed by atoms with van der Waals surface area (Å²) in [7, 11) is 0. The molecule has 1 fully saturated rings. The minimum atomic E-state index is -0.299. The second-order valence-electron chi connectivity index (χ2n) is 8.64. The highest BCUT2D eigenvalue weighted by atomic mass is 35.5. The number of piperidine rings is 1. The molecule has 7 nitrogen and oxygen atoms in total. The van der Waals surface area contributed by atoms with Crippen LogP contribution < -0.4 is 15.8 Å². The zero-order valence-corrected chi connectivity index (χ0v) is 20.0. The quantitative estimate of drug-likeness (QED) is 0.501. The minimum absolute atomic E-state index is 0.0441. The topological polar surface area (TPSA) is 98.3 Å². The van der Waals surface area contributed by atoms with Gasteiger partial charge in [0.15, 0.2) is 0 Å². The largest absolute Gasteiger partial charge is 0.393 e. The molecule has 0 unspecified atom stereocenters. The predicted octanol–water partition coefficient (Wildman–Crippen LogP) is 4.13. The second-order valence-corrected chi connectivity index (χ2v) is 9.45. The first kappa shape index (κ1) is 23.5. The Hall–Kier alpha value is -2.61. The van der Waals surface area contributed by atoms with E-state index in [0.717, 1.165) is 11.3 Å². The first-order valence-electron chi connectivity index (χ1n) is 11.0. The number of hydrogen-bond donors (Lipinski definition) is 3. The molecule has 0 bridgehead atoms. The molecule has 1 amide bonds. The van der Waals surface area contributed by atoms with Crippen LogP contribution in [0.15, 0.2) is 35.1 Å². The lowest BCUT2D eigenvalue weighted by Crippen LogP contribution is -2.36. The number of H-pyrrole nitrogens is 1. The molecule has 1 saturated heterocycles. The number of aliphatic hydroxyl groups is 1. The van der Waals surface area contributed by atoms with E-state index in [-0.39, 0.29) is 23.5 Å². The van der Waals surface area contributed by atoms with Gasteiger partial charge in [0.1, 0.15) is 5.82 Å². The van der Waals surface area contributed by atoms with Crippen molar-refractivity contribution in [2.75, 3.05) is 18.0 Å². The summed E-state index contributed by atoms with van der Waals surface area (Å²) < 4.78 is 0. The van der Waals surface area contributed by atoms with Crippen molar-refractivity contribution in [3.63, 3.8) is 0 Å². The Morgan fingerprint density at radius 1 is 1.21 bits per heavy atom. The minimum Gasteiger partial charge on any atom is -0.393 e. The summed E-state index contributed by atoms with van der Waals surface area (Å²) in [6, 6.07) is 8.80. The summed E-state index contributed by atoms with van der Waals surface area (Å²) in [5.74, 6) is 0.178. The maximum atomic E-state index is 13.0. The molecule has 0 radical (unpaired) electrons. The Kier molecular flexibility index (Phi) is 6.93. The lowest BCUT2D eigenvalue weighted by atomic mass is 10.1. The van der Waals surface area contributed by atoms with Crippen LogP contribution in [0.25, 0.3) is 22.3 Å². The number of aromatic nitrogens is 2. The Labute approximate surface area is 201 Å². The normalized spacial score (nSPS) is 14.8. The number of benzene rings is 2.